The number of rotatable bonds is 2. The van der Waals surface area contributed by atoms with E-state index in [0.29, 0.717) is 0 Å². The SMILES string of the molecule is Cn1cc(COC(=O)O)cn1. The standard InChI is InChI=1S/C6H8N2O3/c1-8-3-5(2-7-8)4-11-6(9)10/h2-3H,4H2,1H3,(H,9,10). The van der Waals surface area contributed by atoms with E-state index in [-0.39, 0.29) is 6.61 Å². The summed E-state index contributed by atoms with van der Waals surface area (Å²) >= 11 is 0. The van der Waals surface area contributed by atoms with Crippen molar-refractivity contribution in [2.75, 3.05) is 0 Å². The molecule has 60 valence electrons. The summed E-state index contributed by atoms with van der Waals surface area (Å²) in [5.74, 6) is 0. The molecular formula is C6H8N2O3. The fourth-order valence-electron chi connectivity index (χ4n) is 0.691. The Morgan fingerprint density at radius 3 is 3.09 bits per heavy atom. The predicted octanol–water partition coefficient (Wildman–Crippen LogP) is 0.615. The summed E-state index contributed by atoms with van der Waals surface area (Å²) in [5, 5.41) is 12.0. The summed E-state index contributed by atoms with van der Waals surface area (Å²) in [6.45, 7) is 0.0587. The molecule has 5 heteroatoms. The van der Waals surface area contributed by atoms with E-state index in [2.05, 4.69) is 9.84 Å². The van der Waals surface area contributed by atoms with Gasteiger partial charge in [0.25, 0.3) is 0 Å². The van der Waals surface area contributed by atoms with E-state index in [4.69, 9.17) is 5.11 Å². The highest BCUT2D eigenvalue weighted by Crippen LogP contribution is 1.98. The minimum atomic E-state index is -1.27. The Balaban J connectivity index is 2.45. The van der Waals surface area contributed by atoms with Crippen molar-refractivity contribution < 1.29 is 14.6 Å². The van der Waals surface area contributed by atoms with Gasteiger partial charge in [-0.3, -0.25) is 4.68 Å². The third-order valence-electron chi connectivity index (χ3n) is 1.12. The quantitative estimate of drug-likeness (QED) is 0.637. The zero-order valence-electron chi connectivity index (χ0n) is 6.02. The van der Waals surface area contributed by atoms with Gasteiger partial charge in [-0.2, -0.15) is 5.10 Å². The molecule has 0 saturated heterocycles. The summed E-state index contributed by atoms with van der Waals surface area (Å²) in [7, 11) is 1.75. The molecular weight excluding hydrogens is 148 g/mol. The van der Waals surface area contributed by atoms with Crippen LogP contribution in [0.15, 0.2) is 12.4 Å². The molecule has 11 heavy (non-hydrogen) atoms. The maximum absolute atomic E-state index is 9.93. The van der Waals surface area contributed by atoms with Crippen LogP contribution in [0.2, 0.25) is 0 Å². The molecule has 1 N–H and O–H groups in total. The molecule has 0 radical (unpaired) electrons. The Kier molecular flexibility index (Phi) is 2.10. The van der Waals surface area contributed by atoms with Gasteiger partial charge in [0, 0.05) is 18.8 Å². The smallest absolute Gasteiger partial charge is 0.450 e. The van der Waals surface area contributed by atoms with Gasteiger partial charge >= 0.3 is 6.16 Å². The third kappa shape index (κ3) is 2.29. The lowest BCUT2D eigenvalue weighted by molar-refractivity contribution is 0.0853. The molecule has 0 bridgehead atoms. The molecule has 0 unspecified atom stereocenters. The van der Waals surface area contributed by atoms with E-state index in [9.17, 15) is 4.79 Å². The maximum atomic E-state index is 9.93. The molecule has 1 heterocycles. The molecule has 0 fully saturated rings. The van der Waals surface area contributed by atoms with E-state index in [1.807, 2.05) is 0 Å². The summed E-state index contributed by atoms with van der Waals surface area (Å²) < 4.78 is 5.89. The van der Waals surface area contributed by atoms with Gasteiger partial charge in [-0.25, -0.2) is 4.79 Å². The van der Waals surface area contributed by atoms with Crippen molar-refractivity contribution in [3.63, 3.8) is 0 Å². The van der Waals surface area contributed by atoms with Crippen LogP contribution in [0.25, 0.3) is 0 Å². The molecule has 0 spiro atoms. The monoisotopic (exact) mass is 156 g/mol. The summed E-state index contributed by atoms with van der Waals surface area (Å²) in [6.07, 6.45) is 1.99. The van der Waals surface area contributed by atoms with Crippen molar-refractivity contribution >= 4 is 6.16 Å². The number of hydrogen-bond donors (Lipinski definition) is 1. The van der Waals surface area contributed by atoms with E-state index in [1.165, 1.54) is 0 Å². The highest BCUT2D eigenvalue weighted by Gasteiger charge is 1.99. The van der Waals surface area contributed by atoms with Gasteiger partial charge in [0.05, 0.1) is 6.20 Å². The third-order valence-corrected chi connectivity index (χ3v) is 1.12. The summed E-state index contributed by atoms with van der Waals surface area (Å²) in [5.41, 5.74) is 0.745. The number of carboxylic acid groups (broad SMARTS) is 1. The van der Waals surface area contributed by atoms with Crippen LogP contribution in [0.4, 0.5) is 4.79 Å². The molecule has 0 aromatic carbocycles. The zero-order valence-corrected chi connectivity index (χ0v) is 6.02. The van der Waals surface area contributed by atoms with E-state index in [1.54, 1.807) is 24.1 Å². The minimum Gasteiger partial charge on any atom is -0.450 e. The van der Waals surface area contributed by atoms with Gasteiger partial charge in [0.15, 0.2) is 0 Å². The van der Waals surface area contributed by atoms with Crippen LogP contribution in [0.3, 0.4) is 0 Å². The molecule has 0 saturated carbocycles. The second-order valence-electron chi connectivity index (χ2n) is 2.08. The lowest BCUT2D eigenvalue weighted by Gasteiger charge is -1.94. The molecule has 5 nitrogen and oxygen atoms in total. The van der Waals surface area contributed by atoms with Crippen LogP contribution in [0.5, 0.6) is 0 Å². The van der Waals surface area contributed by atoms with Crippen molar-refractivity contribution in [2.45, 2.75) is 6.61 Å². The number of aryl methyl sites for hydroxylation is 1. The van der Waals surface area contributed by atoms with Crippen LogP contribution in [0.1, 0.15) is 5.56 Å². The second-order valence-corrected chi connectivity index (χ2v) is 2.08. The lowest BCUT2D eigenvalue weighted by atomic mass is 10.4. The topological polar surface area (TPSA) is 64.3 Å². The summed E-state index contributed by atoms with van der Waals surface area (Å²) in [4.78, 5) is 9.93. The van der Waals surface area contributed by atoms with Crippen LogP contribution in [0, 0.1) is 0 Å². The Morgan fingerprint density at radius 1 is 1.91 bits per heavy atom. The van der Waals surface area contributed by atoms with Gasteiger partial charge < -0.3 is 9.84 Å². The number of carbonyl (C=O) groups is 1. The van der Waals surface area contributed by atoms with Gasteiger partial charge in [0.1, 0.15) is 6.61 Å². The first-order chi connectivity index (χ1) is 5.18. The Morgan fingerprint density at radius 2 is 2.64 bits per heavy atom. The fourth-order valence-corrected chi connectivity index (χ4v) is 0.691. The van der Waals surface area contributed by atoms with Crippen LogP contribution < -0.4 is 0 Å². The van der Waals surface area contributed by atoms with Gasteiger partial charge in [-0.15, -0.1) is 0 Å². The van der Waals surface area contributed by atoms with E-state index in [0.717, 1.165) is 5.56 Å². The number of ether oxygens (including phenoxy) is 1. The number of nitrogens with zero attached hydrogens (tertiary/aromatic N) is 2. The highest BCUT2D eigenvalue weighted by molar-refractivity contribution is 5.56. The van der Waals surface area contributed by atoms with E-state index >= 15 is 0 Å². The molecule has 0 aliphatic heterocycles. The summed E-state index contributed by atoms with van der Waals surface area (Å²) in [6, 6.07) is 0. The van der Waals surface area contributed by atoms with Gasteiger partial charge in [0.2, 0.25) is 0 Å². The second kappa shape index (κ2) is 3.05. The largest absolute Gasteiger partial charge is 0.506 e. The van der Waals surface area contributed by atoms with Crippen molar-refractivity contribution in [2.24, 2.45) is 7.05 Å². The lowest BCUT2D eigenvalue weighted by Crippen LogP contribution is -1.99. The Labute approximate surface area is 63.2 Å². The van der Waals surface area contributed by atoms with E-state index < -0.39 is 6.16 Å². The Hall–Kier alpha value is -1.52. The molecule has 0 amide bonds. The Bertz CT molecular complexity index is 256. The molecule has 1 aromatic rings. The minimum absolute atomic E-state index is 0.0587. The first-order valence-electron chi connectivity index (χ1n) is 3.02. The van der Waals surface area contributed by atoms with Gasteiger partial charge in [-0.05, 0) is 0 Å². The van der Waals surface area contributed by atoms with Crippen LogP contribution in [-0.2, 0) is 18.4 Å². The highest BCUT2D eigenvalue weighted by atomic mass is 16.7. The first-order valence-corrected chi connectivity index (χ1v) is 3.02. The first kappa shape index (κ1) is 7.59. The normalized spacial score (nSPS) is 9.55. The number of aromatic nitrogens is 2. The molecule has 1 rings (SSSR count). The van der Waals surface area contributed by atoms with Gasteiger partial charge in [-0.1, -0.05) is 0 Å². The average molecular weight is 156 g/mol. The molecule has 0 atom stereocenters. The number of hydrogen-bond acceptors (Lipinski definition) is 3. The molecule has 0 aliphatic carbocycles. The van der Waals surface area contributed by atoms with Crippen LogP contribution in [-0.4, -0.2) is 21.0 Å². The maximum Gasteiger partial charge on any atom is 0.506 e. The zero-order chi connectivity index (χ0) is 8.27. The van der Waals surface area contributed by atoms with Crippen molar-refractivity contribution in [3.8, 4) is 0 Å². The molecule has 1 aromatic heterocycles. The predicted molar refractivity (Wildman–Crippen MR) is 36.0 cm³/mol. The molecule has 0 aliphatic rings. The van der Waals surface area contributed by atoms with Crippen LogP contribution >= 0.6 is 0 Å². The van der Waals surface area contributed by atoms with Crippen molar-refractivity contribution in [1.82, 2.24) is 9.78 Å². The average Bonchev–Trinajstić information content (AvgIpc) is 2.31. The fraction of sp³-hybridized carbons (Fsp3) is 0.333. The van der Waals surface area contributed by atoms with Crippen molar-refractivity contribution in [1.29, 1.82) is 0 Å². The van der Waals surface area contributed by atoms with Crippen molar-refractivity contribution in [3.05, 3.63) is 18.0 Å².